The molecule has 1 aliphatic heterocycles. The molecule has 10 nitrogen and oxygen atoms in total. The number of amides is 2. The Balaban J connectivity index is 0.000000182. The van der Waals surface area contributed by atoms with Crippen LogP contribution in [0.5, 0.6) is 5.88 Å². The molecule has 1 saturated carbocycles. The number of halogens is 2. The van der Waals surface area contributed by atoms with Crippen molar-refractivity contribution >= 4 is 23.7 Å². The lowest BCUT2D eigenvalue weighted by Crippen LogP contribution is -2.45. The maximum absolute atomic E-state index is 14.0. The zero-order chi connectivity index (χ0) is 26.0. The molecule has 2 aliphatic rings. The van der Waals surface area contributed by atoms with Crippen LogP contribution < -0.4 is 10.1 Å². The average molecular weight is 510 g/mol. The van der Waals surface area contributed by atoms with E-state index in [9.17, 15) is 18.4 Å². The molecule has 0 bridgehead atoms. The number of aromatic amines is 1. The van der Waals surface area contributed by atoms with E-state index >= 15 is 0 Å². The van der Waals surface area contributed by atoms with Gasteiger partial charge >= 0.3 is 0 Å². The van der Waals surface area contributed by atoms with E-state index in [4.69, 9.17) is 4.74 Å². The van der Waals surface area contributed by atoms with E-state index in [1.54, 1.807) is 18.2 Å². The van der Waals surface area contributed by atoms with Crippen molar-refractivity contribution in [2.24, 2.45) is 0 Å². The second-order valence-electron chi connectivity index (χ2n) is 8.97. The Kier molecular flexibility index (Phi) is 6.55. The summed E-state index contributed by atoms with van der Waals surface area (Å²) in [5.74, 6) is -0.707. The molecule has 4 aromatic rings. The zero-order valence-electron chi connectivity index (χ0n) is 20.1. The topological polar surface area (TPSA) is 118 Å². The maximum atomic E-state index is 14.0. The number of ether oxygens (including phenoxy) is 1. The summed E-state index contributed by atoms with van der Waals surface area (Å²) in [5.41, 5.74) is 1.82. The van der Waals surface area contributed by atoms with Gasteiger partial charge in [-0.05, 0) is 56.4 Å². The fourth-order valence-corrected chi connectivity index (χ4v) is 4.67. The van der Waals surface area contributed by atoms with Crippen molar-refractivity contribution in [3.05, 3.63) is 60.1 Å². The highest BCUT2D eigenvalue weighted by atomic mass is 19.1. The molecule has 1 aliphatic carbocycles. The third-order valence-electron chi connectivity index (χ3n) is 6.75. The number of carbonyl (C=O) groups excluding carboxylic acids is 2. The summed E-state index contributed by atoms with van der Waals surface area (Å²) in [5, 5.41) is 13.0. The minimum Gasteiger partial charge on any atom is -0.481 e. The molecule has 192 valence electrons. The molecule has 2 N–H and O–H groups in total. The number of nitrogens with zero attached hydrogens (tertiary/aromatic N) is 5. The van der Waals surface area contributed by atoms with Crippen LogP contribution in [0.1, 0.15) is 42.6 Å². The molecule has 0 atom stereocenters. The van der Waals surface area contributed by atoms with Gasteiger partial charge in [-0.3, -0.25) is 14.7 Å². The Morgan fingerprint density at radius 3 is 2.76 bits per heavy atom. The number of rotatable bonds is 5. The van der Waals surface area contributed by atoms with Gasteiger partial charge in [0.25, 0.3) is 5.91 Å². The highest BCUT2D eigenvalue weighted by Crippen LogP contribution is 2.48. The number of fused-ring (bicyclic) bond motifs is 1. The molecular formula is C25H25F2N7O3. The molecule has 0 aromatic carbocycles. The Morgan fingerprint density at radius 2 is 2.00 bits per heavy atom. The number of carbonyl (C=O) groups is 2. The number of H-pyrrole nitrogens is 1. The number of hydrogen-bond acceptors (Lipinski definition) is 6. The summed E-state index contributed by atoms with van der Waals surface area (Å²) in [6.45, 7) is 0.782. The molecule has 2 amide bonds. The van der Waals surface area contributed by atoms with Gasteiger partial charge in [-0.1, -0.05) is 0 Å². The minimum atomic E-state index is -0.511. The van der Waals surface area contributed by atoms with Crippen LogP contribution in [0.2, 0.25) is 0 Å². The summed E-state index contributed by atoms with van der Waals surface area (Å²) < 4.78 is 33.5. The van der Waals surface area contributed by atoms with Crippen LogP contribution >= 0.6 is 0 Å². The highest BCUT2D eigenvalue weighted by molar-refractivity contribution is 5.94. The van der Waals surface area contributed by atoms with Crippen molar-refractivity contribution in [3.63, 3.8) is 0 Å². The lowest BCUT2D eigenvalue weighted by atomic mass is 9.99. The van der Waals surface area contributed by atoms with Crippen LogP contribution in [-0.2, 0) is 4.79 Å². The summed E-state index contributed by atoms with van der Waals surface area (Å²) in [4.78, 5) is 28.8. The quantitative estimate of drug-likeness (QED) is 0.395. The maximum Gasteiger partial charge on any atom is 0.272 e. The third kappa shape index (κ3) is 4.74. The first kappa shape index (κ1) is 24.3. The van der Waals surface area contributed by atoms with E-state index in [0.717, 1.165) is 43.9 Å². The molecule has 4 aromatic heterocycles. The van der Waals surface area contributed by atoms with Crippen molar-refractivity contribution in [1.29, 1.82) is 0 Å². The Bertz CT molecular complexity index is 1450. The predicted molar refractivity (Wildman–Crippen MR) is 130 cm³/mol. The van der Waals surface area contributed by atoms with Crippen LogP contribution in [0, 0.1) is 11.6 Å². The number of nitrogens with one attached hydrogen (secondary N) is 2. The van der Waals surface area contributed by atoms with Gasteiger partial charge in [-0.15, -0.1) is 0 Å². The number of pyridine rings is 2. The number of hydrogen-bond donors (Lipinski definition) is 2. The third-order valence-corrected chi connectivity index (χ3v) is 6.75. The molecule has 5 heterocycles. The Hall–Kier alpha value is -4.35. The lowest BCUT2D eigenvalue weighted by molar-refractivity contribution is -0.105. The minimum absolute atomic E-state index is 0.0487. The van der Waals surface area contributed by atoms with Crippen LogP contribution in [0.4, 0.5) is 14.6 Å². The number of likely N-dealkylation sites (tertiary alicyclic amines) is 1. The first-order valence-electron chi connectivity index (χ1n) is 11.9. The zero-order valence-corrected chi connectivity index (χ0v) is 20.1. The second kappa shape index (κ2) is 9.96. The number of methoxy groups -OCH3 is 1. The lowest BCUT2D eigenvalue weighted by Gasteiger charge is -2.35. The fraction of sp³-hybridized carbons (Fsp3) is 0.320. The monoisotopic (exact) mass is 509 g/mol. The van der Waals surface area contributed by atoms with Gasteiger partial charge in [0.2, 0.25) is 12.3 Å². The molecule has 6 rings (SSSR count). The molecule has 1 saturated heterocycles. The van der Waals surface area contributed by atoms with Gasteiger partial charge in [-0.25, -0.2) is 18.3 Å². The van der Waals surface area contributed by atoms with Crippen molar-refractivity contribution < 1.29 is 23.1 Å². The van der Waals surface area contributed by atoms with E-state index in [1.165, 1.54) is 36.4 Å². The molecule has 37 heavy (non-hydrogen) atoms. The first-order valence-corrected chi connectivity index (χ1v) is 11.9. The standard InChI is InChI=1S/C17H19FN4O2.C8H6FN3O/c1-24-15-8-11(12(18)10-19-15)13-9-14(21-20-13)16(23)22-7-3-2-4-17(22)5-6-17;9-7-2-1-6-3-4-11-12(6)8(7)10-5-13/h8-10H,2-7H2,1H3,(H,20,21);1-5H,(H,10,13). The molecular weight excluding hydrogens is 484 g/mol. The van der Waals surface area contributed by atoms with Gasteiger partial charge in [0.1, 0.15) is 5.69 Å². The van der Waals surface area contributed by atoms with Crippen LogP contribution in [0.15, 0.2) is 42.7 Å². The SMILES string of the molecule is COc1cc(-c2cc(C(=O)N3CCCCC34CC4)[nH]n2)c(F)cn1.O=CNc1c(F)ccc2ccnn12. The Labute approximate surface area is 210 Å². The van der Waals surface area contributed by atoms with Crippen LogP contribution in [0.3, 0.4) is 0 Å². The summed E-state index contributed by atoms with van der Waals surface area (Å²) in [7, 11) is 1.47. The van der Waals surface area contributed by atoms with E-state index in [2.05, 4.69) is 25.6 Å². The van der Waals surface area contributed by atoms with Gasteiger partial charge in [-0.2, -0.15) is 10.2 Å². The largest absolute Gasteiger partial charge is 0.481 e. The highest BCUT2D eigenvalue weighted by Gasteiger charge is 2.51. The normalized spacial score (nSPS) is 15.7. The second-order valence-corrected chi connectivity index (χ2v) is 8.97. The van der Waals surface area contributed by atoms with E-state index in [0.29, 0.717) is 23.7 Å². The number of anilines is 1. The molecule has 12 heteroatoms. The van der Waals surface area contributed by atoms with E-state index in [-0.39, 0.29) is 22.8 Å². The van der Waals surface area contributed by atoms with Gasteiger partial charge in [0, 0.05) is 23.7 Å². The van der Waals surface area contributed by atoms with Crippen molar-refractivity contribution in [3.8, 4) is 17.1 Å². The summed E-state index contributed by atoms with van der Waals surface area (Å²) in [6, 6.07) is 7.66. The van der Waals surface area contributed by atoms with Gasteiger partial charge in [0.05, 0.1) is 30.7 Å². The summed E-state index contributed by atoms with van der Waals surface area (Å²) in [6.07, 6.45) is 8.49. The van der Waals surface area contributed by atoms with Crippen LogP contribution in [-0.4, -0.2) is 61.2 Å². The number of aromatic nitrogens is 5. The molecule has 0 radical (unpaired) electrons. The summed E-state index contributed by atoms with van der Waals surface area (Å²) >= 11 is 0. The number of piperidine rings is 1. The predicted octanol–water partition coefficient (Wildman–Crippen LogP) is 3.82. The van der Waals surface area contributed by atoms with Crippen molar-refractivity contribution in [2.75, 3.05) is 19.0 Å². The van der Waals surface area contributed by atoms with Crippen molar-refractivity contribution in [2.45, 2.75) is 37.6 Å². The molecule has 0 unspecified atom stereocenters. The van der Waals surface area contributed by atoms with E-state index < -0.39 is 11.6 Å². The van der Waals surface area contributed by atoms with E-state index in [1.807, 2.05) is 4.90 Å². The molecule has 2 fully saturated rings. The van der Waals surface area contributed by atoms with Gasteiger partial charge in [0.15, 0.2) is 17.5 Å². The average Bonchev–Trinajstić information content (AvgIpc) is 3.31. The van der Waals surface area contributed by atoms with Crippen LogP contribution in [0.25, 0.3) is 16.8 Å². The molecule has 1 spiro atoms. The first-order chi connectivity index (χ1) is 18.0. The van der Waals surface area contributed by atoms with Crippen molar-refractivity contribution in [1.82, 2.24) is 29.7 Å². The Morgan fingerprint density at radius 1 is 1.16 bits per heavy atom. The van der Waals surface area contributed by atoms with Gasteiger partial charge < -0.3 is 15.0 Å². The smallest absolute Gasteiger partial charge is 0.272 e. The fourth-order valence-electron chi connectivity index (χ4n) is 4.67.